The molecule has 7 atom stereocenters. The molecule has 0 saturated heterocycles. The van der Waals surface area contributed by atoms with E-state index in [-0.39, 0.29) is 23.9 Å². The highest BCUT2D eigenvalue weighted by Gasteiger charge is 2.60. The van der Waals surface area contributed by atoms with Crippen LogP contribution in [0.4, 0.5) is 0 Å². The molecule has 94 valence electrons. The van der Waals surface area contributed by atoms with Crippen LogP contribution in [-0.4, -0.2) is 34.5 Å². The maximum absolute atomic E-state index is 11.2. The second-order valence-corrected chi connectivity index (χ2v) is 5.61. The molecule has 0 radical (unpaired) electrons. The molecule has 3 aliphatic carbocycles. The predicted octanol–water partition coefficient (Wildman–Crippen LogP) is 0.482. The van der Waals surface area contributed by atoms with Crippen molar-refractivity contribution in [1.29, 1.82) is 0 Å². The molecular formula is C13H18O4. The summed E-state index contributed by atoms with van der Waals surface area (Å²) in [5.41, 5.74) is 0. The lowest BCUT2D eigenvalue weighted by Crippen LogP contribution is -2.37. The molecule has 4 heteroatoms. The van der Waals surface area contributed by atoms with Crippen molar-refractivity contribution < 1.29 is 19.7 Å². The van der Waals surface area contributed by atoms with Gasteiger partial charge in [0.05, 0.1) is 12.2 Å². The first-order valence-electron chi connectivity index (χ1n) is 6.31. The summed E-state index contributed by atoms with van der Waals surface area (Å²) in [5.74, 6) is 0.877. The Morgan fingerprint density at radius 3 is 2.71 bits per heavy atom. The largest absolute Gasteiger partial charge is 0.459 e. The fraction of sp³-hybridized carbons (Fsp3) is 0.769. The van der Waals surface area contributed by atoms with Crippen LogP contribution >= 0.6 is 0 Å². The van der Waals surface area contributed by atoms with E-state index in [1.165, 1.54) is 6.08 Å². The Labute approximate surface area is 100 Å². The van der Waals surface area contributed by atoms with Crippen molar-refractivity contribution in [3.8, 4) is 0 Å². The number of rotatable bonds is 2. The minimum absolute atomic E-state index is 0.0910. The molecule has 0 amide bonds. The number of carbonyl (C=O) groups excluding carboxylic acids is 1. The maximum Gasteiger partial charge on any atom is 0.330 e. The van der Waals surface area contributed by atoms with E-state index in [1.807, 2.05) is 0 Å². The van der Waals surface area contributed by atoms with Crippen molar-refractivity contribution in [2.24, 2.45) is 23.7 Å². The van der Waals surface area contributed by atoms with Gasteiger partial charge in [-0.15, -0.1) is 0 Å². The number of aliphatic hydroxyl groups is 2. The molecule has 3 fully saturated rings. The number of hydrogen-bond acceptors (Lipinski definition) is 4. The third-order valence-electron chi connectivity index (χ3n) is 4.92. The molecule has 3 aliphatic rings. The fourth-order valence-corrected chi connectivity index (χ4v) is 4.32. The summed E-state index contributed by atoms with van der Waals surface area (Å²) in [4.78, 5) is 11.2. The van der Waals surface area contributed by atoms with E-state index in [0.29, 0.717) is 18.3 Å². The predicted molar refractivity (Wildman–Crippen MR) is 59.9 cm³/mol. The van der Waals surface area contributed by atoms with Gasteiger partial charge in [-0.25, -0.2) is 4.79 Å². The SMILES string of the molecule is C=CC(=O)OC1CC2CC1C1C(O)C(O)CC21. The summed E-state index contributed by atoms with van der Waals surface area (Å²) < 4.78 is 5.34. The molecule has 0 spiro atoms. The quantitative estimate of drug-likeness (QED) is 0.542. The van der Waals surface area contributed by atoms with Crippen molar-refractivity contribution in [1.82, 2.24) is 0 Å². The number of hydrogen-bond donors (Lipinski definition) is 2. The van der Waals surface area contributed by atoms with Crippen molar-refractivity contribution in [3.05, 3.63) is 12.7 Å². The van der Waals surface area contributed by atoms with Gasteiger partial charge in [-0.1, -0.05) is 6.58 Å². The molecule has 3 rings (SSSR count). The molecule has 2 N–H and O–H groups in total. The summed E-state index contributed by atoms with van der Waals surface area (Å²) in [6, 6.07) is 0. The van der Waals surface area contributed by atoms with Crippen molar-refractivity contribution in [2.45, 2.75) is 37.6 Å². The third kappa shape index (κ3) is 1.54. The first kappa shape index (κ1) is 11.2. The van der Waals surface area contributed by atoms with E-state index < -0.39 is 12.2 Å². The lowest BCUT2D eigenvalue weighted by Gasteiger charge is -2.32. The van der Waals surface area contributed by atoms with E-state index in [0.717, 1.165) is 12.8 Å². The number of fused-ring (bicyclic) bond motifs is 5. The van der Waals surface area contributed by atoms with Gasteiger partial charge < -0.3 is 14.9 Å². The third-order valence-corrected chi connectivity index (χ3v) is 4.92. The summed E-state index contributed by atoms with van der Waals surface area (Å²) in [6.45, 7) is 3.39. The van der Waals surface area contributed by atoms with Crippen molar-refractivity contribution in [3.63, 3.8) is 0 Å². The van der Waals surface area contributed by atoms with E-state index in [2.05, 4.69) is 6.58 Å². The van der Waals surface area contributed by atoms with Crippen LogP contribution in [0, 0.1) is 23.7 Å². The smallest absolute Gasteiger partial charge is 0.330 e. The van der Waals surface area contributed by atoms with Crippen LogP contribution < -0.4 is 0 Å². The maximum atomic E-state index is 11.2. The average molecular weight is 238 g/mol. The molecule has 0 aromatic carbocycles. The van der Waals surface area contributed by atoms with E-state index in [1.54, 1.807) is 0 Å². The molecule has 0 aliphatic heterocycles. The Kier molecular flexibility index (Phi) is 2.52. The topological polar surface area (TPSA) is 66.8 Å². The van der Waals surface area contributed by atoms with Crippen LogP contribution in [-0.2, 0) is 9.53 Å². The lowest BCUT2D eigenvalue weighted by molar-refractivity contribution is -0.148. The van der Waals surface area contributed by atoms with Gasteiger partial charge in [0.1, 0.15) is 6.10 Å². The van der Waals surface area contributed by atoms with Crippen LogP contribution in [0.2, 0.25) is 0 Å². The number of ether oxygens (including phenoxy) is 1. The van der Waals surface area contributed by atoms with E-state index in [9.17, 15) is 15.0 Å². The van der Waals surface area contributed by atoms with Gasteiger partial charge in [0.2, 0.25) is 0 Å². The van der Waals surface area contributed by atoms with Crippen molar-refractivity contribution in [2.75, 3.05) is 0 Å². The van der Waals surface area contributed by atoms with E-state index in [4.69, 9.17) is 4.74 Å². The molecule has 17 heavy (non-hydrogen) atoms. The monoisotopic (exact) mass is 238 g/mol. The van der Waals surface area contributed by atoms with Gasteiger partial charge in [-0.05, 0) is 37.0 Å². The second-order valence-electron chi connectivity index (χ2n) is 5.61. The summed E-state index contributed by atoms with van der Waals surface area (Å²) in [6.07, 6.45) is 2.47. The van der Waals surface area contributed by atoms with Crippen LogP contribution in [0.1, 0.15) is 19.3 Å². The number of esters is 1. The summed E-state index contributed by atoms with van der Waals surface area (Å²) in [5, 5.41) is 19.7. The molecule has 4 nitrogen and oxygen atoms in total. The van der Waals surface area contributed by atoms with Crippen LogP contribution in [0.15, 0.2) is 12.7 Å². The zero-order valence-corrected chi connectivity index (χ0v) is 9.66. The fourth-order valence-electron chi connectivity index (χ4n) is 4.32. The normalized spacial score (nSPS) is 51.3. The van der Waals surface area contributed by atoms with Gasteiger partial charge in [-0.2, -0.15) is 0 Å². The molecule has 0 aromatic rings. The number of carbonyl (C=O) groups is 1. The standard InChI is InChI=1S/C13H18O4/c1-2-11(15)17-10-4-6-3-8(10)12-7(6)5-9(14)13(12)16/h2,6-10,12-14,16H,1,3-5H2. The van der Waals surface area contributed by atoms with Gasteiger partial charge in [0.25, 0.3) is 0 Å². The zero-order chi connectivity index (χ0) is 12.2. The van der Waals surface area contributed by atoms with Crippen LogP contribution in [0.3, 0.4) is 0 Å². The van der Waals surface area contributed by atoms with Crippen LogP contribution in [0.25, 0.3) is 0 Å². The summed E-state index contributed by atoms with van der Waals surface area (Å²) >= 11 is 0. The highest BCUT2D eigenvalue weighted by Crippen LogP contribution is 2.59. The van der Waals surface area contributed by atoms with E-state index >= 15 is 0 Å². The Balaban J connectivity index is 1.75. The molecule has 2 bridgehead atoms. The Hall–Kier alpha value is -0.870. The lowest BCUT2D eigenvalue weighted by atomic mass is 9.79. The zero-order valence-electron chi connectivity index (χ0n) is 9.66. The first-order valence-corrected chi connectivity index (χ1v) is 6.31. The Morgan fingerprint density at radius 2 is 2.00 bits per heavy atom. The highest BCUT2D eigenvalue weighted by molar-refractivity contribution is 5.81. The molecule has 0 aromatic heterocycles. The highest BCUT2D eigenvalue weighted by atomic mass is 16.5. The Bertz CT molecular complexity index is 353. The second kappa shape index (κ2) is 3.82. The molecular weight excluding hydrogens is 220 g/mol. The van der Waals surface area contributed by atoms with Crippen molar-refractivity contribution >= 4 is 5.97 Å². The van der Waals surface area contributed by atoms with Gasteiger partial charge >= 0.3 is 5.97 Å². The Morgan fingerprint density at radius 1 is 1.24 bits per heavy atom. The van der Waals surface area contributed by atoms with Gasteiger partial charge in [0.15, 0.2) is 0 Å². The molecule has 0 heterocycles. The minimum atomic E-state index is -0.639. The molecule has 7 unspecified atom stereocenters. The minimum Gasteiger partial charge on any atom is -0.459 e. The number of aliphatic hydroxyl groups excluding tert-OH is 2. The van der Waals surface area contributed by atoms with Crippen LogP contribution in [0.5, 0.6) is 0 Å². The van der Waals surface area contributed by atoms with Gasteiger partial charge in [-0.3, -0.25) is 0 Å². The molecule has 3 saturated carbocycles. The first-order chi connectivity index (χ1) is 8.11. The van der Waals surface area contributed by atoms with Gasteiger partial charge in [0, 0.05) is 12.0 Å². The average Bonchev–Trinajstić information content (AvgIpc) is 2.92. The summed E-state index contributed by atoms with van der Waals surface area (Å²) in [7, 11) is 0.